The Labute approximate surface area is 119 Å². The Morgan fingerprint density at radius 2 is 1.95 bits per heavy atom. The van der Waals surface area contributed by atoms with Crippen LogP contribution in [0.1, 0.15) is 25.3 Å². The predicted molar refractivity (Wildman–Crippen MR) is 78.4 cm³/mol. The van der Waals surface area contributed by atoms with Crippen molar-refractivity contribution < 1.29 is 18.4 Å². The first kappa shape index (κ1) is 15.2. The van der Waals surface area contributed by atoms with Crippen molar-refractivity contribution >= 4 is 19.1 Å². The molecular weight excluding hydrogens is 277 g/mol. The molecule has 2 rings (SSSR count). The number of anilines is 1. The number of rotatable bonds is 7. The Hall–Kier alpha value is -1.16. The van der Waals surface area contributed by atoms with Crippen LogP contribution in [0.4, 0.5) is 5.69 Å². The van der Waals surface area contributed by atoms with Gasteiger partial charge < -0.3 is 14.4 Å². The lowest BCUT2D eigenvalue weighted by Gasteiger charge is -2.18. The van der Waals surface area contributed by atoms with Crippen LogP contribution in [0.15, 0.2) is 24.3 Å². The smallest absolute Gasteiger partial charge is 0.338 e. The zero-order valence-electron chi connectivity index (χ0n) is 11.8. The normalized spacial score (nSPS) is 17.6. The average molecular weight is 297 g/mol. The van der Waals surface area contributed by atoms with Crippen LogP contribution in [0.2, 0.25) is 0 Å². The molecule has 1 aromatic rings. The van der Waals surface area contributed by atoms with E-state index < -0.39 is 7.60 Å². The maximum absolute atomic E-state index is 12.4. The van der Waals surface area contributed by atoms with Crippen LogP contribution in [0, 0.1) is 0 Å². The molecule has 6 heteroatoms. The van der Waals surface area contributed by atoms with Crippen LogP contribution in [-0.2, 0) is 18.4 Å². The maximum Gasteiger partial charge on any atom is 0.338 e. The SMILES string of the molecule is CCOP(=O)(CC(=O)C1CNc2ccccc21)OCC. The Bertz CT molecular complexity index is 522. The molecule has 1 N–H and O–H groups in total. The predicted octanol–water partition coefficient (Wildman–Crippen LogP) is 3.03. The van der Waals surface area contributed by atoms with E-state index in [1.165, 1.54) is 0 Å². The summed E-state index contributed by atoms with van der Waals surface area (Å²) in [5, 5.41) is 3.19. The van der Waals surface area contributed by atoms with E-state index in [4.69, 9.17) is 9.05 Å². The number of hydrogen-bond donors (Lipinski definition) is 1. The van der Waals surface area contributed by atoms with Crippen LogP contribution in [-0.4, -0.2) is 31.7 Å². The minimum absolute atomic E-state index is 0.104. The fourth-order valence-electron chi connectivity index (χ4n) is 2.39. The molecule has 0 saturated carbocycles. The highest BCUT2D eigenvalue weighted by Gasteiger charge is 2.35. The summed E-state index contributed by atoms with van der Waals surface area (Å²) in [7, 11) is -3.32. The molecule has 5 nitrogen and oxygen atoms in total. The number of fused-ring (bicyclic) bond motifs is 1. The third-order valence-corrected chi connectivity index (χ3v) is 5.22. The molecule has 110 valence electrons. The summed E-state index contributed by atoms with van der Waals surface area (Å²) < 4.78 is 22.8. The largest absolute Gasteiger partial charge is 0.384 e. The molecule has 0 saturated heterocycles. The van der Waals surface area contributed by atoms with Crippen molar-refractivity contribution in [3.05, 3.63) is 29.8 Å². The molecule has 0 spiro atoms. The highest BCUT2D eigenvalue weighted by molar-refractivity contribution is 7.54. The molecule has 0 aliphatic carbocycles. The van der Waals surface area contributed by atoms with Crippen molar-refractivity contribution in [3.8, 4) is 0 Å². The van der Waals surface area contributed by atoms with Crippen molar-refractivity contribution in [1.82, 2.24) is 0 Å². The number of Topliss-reactive ketones (excluding diaryl/α,β-unsaturated/α-hetero) is 1. The second-order valence-corrected chi connectivity index (χ2v) is 6.65. The summed E-state index contributed by atoms with van der Waals surface area (Å²) in [5.74, 6) is -0.381. The lowest BCUT2D eigenvalue weighted by molar-refractivity contribution is -0.118. The van der Waals surface area contributed by atoms with Crippen LogP contribution in [0.3, 0.4) is 0 Å². The minimum atomic E-state index is -3.32. The van der Waals surface area contributed by atoms with E-state index >= 15 is 0 Å². The molecule has 0 aromatic heterocycles. The second kappa shape index (κ2) is 6.53. The van der Waals surface area contributed by atoms with Gasteiger partial charge in [0.25, 0.3) is 0 Å². The van der Waals surface area contributed by atoms with Crippen LogP contribution < -0.4 is 5.32 Å². The monoisotopic (exact) mass is 297 g/mol. The quantitative estimate of drug-likeness (QED) is 0.784. The summed E-state index contributed by atoms with van der Waals surface area (Å²) in [6.45, 7) is 4.55. The molecule has 1 aliphatic heterocycles. The summed E-state index contributed by atoms with van der Waals surface area (Å²) in [6, 6.07) is 7.68. The Kier molecular flexibility index (Phi) is 4.97. The summed E-state index contributed by atoms with van der Waals surface area (Å²) in [5.41, 5.74) is 1.92. The number of benzene rings is 1. The van der Waals surface area contributed by atoms with Crippen molar-refractivity contribution in [3.63, 3.8) is 0 Å². The van der Waals surface area contributed by atoms with Gasteiger partial charge in [-0.25, -0.2) is 0 Å². The second-order valence-electron chi connectivity index (χ2n) is 4.59. The van der Waals surface area contributed by atoms with E-state index in [1.54, 1.807) is 13.8 Å². The summed E-state index contributed by atoms with van der Waals surface area (Å²) in [6.07, 6.45) is -0.171. The van der Waals surface area contributed by atoms with Gasteiger partial charge in [0.1, 0.15) is 6.16 Å². The van der Waals surface area contributed by atoms with Crippen LogP contribution in [0.25, 0.3) is 0 Å². The molecule has 1 aromatic carbocycles. The van der Waals surface area contributed by atoms with E-state index in [2.05, 4.69) is 5.32 Å². The number of ketones is 1. The molecule has 1 heterocycles. The topological polar surface area (TPSA) is 64.6 Å². The highest BCUT2D eigenvalue weighted by atomic mass is 31.2. The lowest BCUT2D eigenvalue weighted by atomic mass is 9.98. The maximum atomic E-state index is 12.4. The molecule has 0 fully saturated rings. The van der Waals surface area contributed by atoms with E-state index in [-0.39, 0.29) is 31.1 Å². The summed E-state index contributed by atoms with van der Waals surface area (Å²) in [4.78, 5) is 12.4. The molecule has 20 heavy (non-hydrogen) atoms. The molecule has 0 radical (unpaired) electrons. The van der Waals surface area contributed by atoms with Crippen LogP contribution in [0.5, 0.6) is 0 Å². The van der Waals surface area contributed by atoms with Gasteiger partial charge in [-0.15, -0.1) is 0 Å². The number of nitrogens with one attached hydrogen (secondary N) is 1. The minimum Gasteiger partial charge on any atom is -0.384 e. The van der Waals surface area contributed by atoms with Crippen molar-refractivity contribution in [2.45, 2.75) is 19.8 Å². The highest BCUT2D eigenvalue weighted by Crippen LogP contribution is 2.49. The summed E-state index contributed by atoms with van der Waals surface area (Å²) >= 11 is 0. The Morgan fingerprint density at radius 3 is 2.60 bits per heavy atom. The molecule has 0 bridgehead atoms. The van der Waals surface area contributed by atoms with Crippen molar-refractivity contribution in [2.75, 3.05) is 31.2 Å². The third kappa shape index (κ3) is 3.29. The fraction of sp³-hybridized carbons (Fsp3) is 0.500. The van der Waals surface area contributed by atoms with E-state index in [9.17, 15) is 9.36 Å². The van der Waals surface area contributed by atoms with E-state index in [0.29, 0.717) is 6.54 Å². The molecule has 1 atom stereocenters. The first-order valence-electron chi connectivity index (χ1n) is 6.83. The Morgan fingerprint density at radius 1 is 1.30 bits per heavy atom. The average Bonchev–Trinajstić information content (AvgIpc) is 2.82. The molecule has 1 aliphatic rings. The molecule has 0 amide bonds. The van der Waals surface area contributed by atoms with Gasteiger partial charge in [0.15, 0.2) is 5.78 Å². The van der Waals surface area contributed by atoms with Gasteiger partial charge in [-0.3, -0.25) is 9.36 Å². The van der Waals surface area contributed by atoms with Gasteiger partial charge in [-0.05, 0) is 25.5 Å². The third-order valence-electron chi connectivity index (χ3n) is 3.22. The van der Waals surface area contributed by atoms with Gasteiger partial charge in [-0.2, -0.15) is 0 Å². The van der Waals surface area contributed by atoms with Gasteiger partial charge >= 0.3 is 7.60 Å². The number of hydrogen-bond acceptors (Lipinski definition) is 5. The van der Waals surface area contributed by atoms with Crippen LogP contribution >= 0.6 is 7.60 Å². The van der Waals surface area contributed by atoms with Gasteiger partial charge in [0.05, 0.1) is 19.1 Å². The van der Waals surface area contributed by atoms with Gasteiger partial charge in [0, 0.05) is 12.2 Å². The number of carbonyl (C=O) groups is 1. The van der Waals surface area contributed by atoms with Gasteiger partial charge in [-0.1, -0.05) is 18.2 Å². The zero-order chi connectivity index (χ0) is 14.6. The molecule has 1 unspecified atom stereocenters. The van der Waals surface area contributed by atoms with Crippen molar-refractivity contribution in [1.29, 1.82) is 0 Å². The van der Waals surface area contributed by atoms with E-state index in [1.807, 2.05) is 24.3 Å². The van der Waals surface area contributed by atoms with Gasteiger partial charge in [0.2, 0.25) is 0 Å². The zero-order valence-corrected chi connectivity index (χ0v) is 12.7. The van der Waals surface area contributed by atoms with Crippen molar-refractivity contribution in [2.24, 2.45) is 0 Å². The fourth-order valence-corrected chi connectivity index (χ4v) is 4.04. The number of para-hydroxylation sites is 1. The first-order valence-corrected chi connectivity index (χ1v) is 8.56. The molecular formula is C14H20NO4P. The standard InChI is InChI=1S/C14H20NO4P/c1-3-18-20(17,19-4-2)10-14(16)12-9-15-13-8-6-5-7-11(12)13/h5-8,12,15H,3-4,9-10H2,1-2H3. The lowest BCUT2D eigenvalue weighted by Crippen LogP contribution is -2.19. The Balaban J connectivity index is 2.11. The van der Waals surface area contributed by atoms with E-state index in [0.717, 1.165) is 11.3 Å². The number of carbonyl (C=O) groups excluding carboxylic acids is 1. The first-order chi connectivity index (χ1) is 9.59.